The number of ether oxygens (including phenoxy) is 2. The third-order valence-electron chi connectivity index (χ3n) is 11.7. The van der Waals surface area contributed by atoms with Crippen LogP contribution in [0.3, 0.4) is 0 Å². The number of aliphatic hydroxyl groups is 1. The molecule has 0 spiro atoms. The molecule has 0 saturated carbocycles. The van der Waals surface area contributed by atoms with E-state index in [0.717, 1.165) is 76.7 Å². The Morgan fingerprint density at radius 3 is 2.43 bits per heavy atom. The van der Waals surface area contributed by atoms with Gasteiger partial charge in [-0.05, 0) is 99.7 Å². The highest BCUT2D eigenvalue weighted by Crippen LogP contribution is 2.42. The Labute approximate surface area is 344 Å². The molecule has 58 heavy (non-hydrogen) atoms. The van der Waals surface area contributed by atoms with Crippen molar-refractivity contribution in [2.24, 2.45) is 5.41 Å². The van der Waals surface area contributed by atoms with Crippen molar-refractivity contribution in [2.45, 2.75) is 96.9 Å². The van der Waals surface area contributed by atoms with Gasteiger partial charge in [0.25, 0.3) is 0 Å². The average molecular weight is 820 g/mol. The average Bonchev–Trinajstić information content (AvgIpc) is 3.92. The predicted octanol–water partition coefficient (Wildman–Crippen LogP) is 10.1. The number of likely N-dealkylation sites (tertiary alicyclic amines) is 1. The molecule has 2 aromatic carbocycles. The number of pyridine rings is 2. The highest BCUT2D eigenvalue weighted by Gasteiger charge is 2.39. The van der Waals surface area contributed by atoms with E-state index in [2.05, 4.69) is 33.2 Å². The first-order chi connectivity index (χ1) is 27.6. The lowest BCUT2D eigenvalue weighted by Crippen LogP contribution is -2.26. The van der Waals surface area contributed by atoms with Crippen LogP contribution in [0.2, 0.25) is 5.02 Å². The predicted molar refractivity (Wildman–Crippen MR) is 221 cm³/mol. The van der Waals surface area contributed by atoms with Gasteiger partial charge in [0.05, 0.1) is 42.3 Å². The van der Waals surface area contributed by atoms with Crippen LogP contribution in [-0.2, 0) is 30.4 Å². The van der Waals surface area contributed by atoms with Gasteiger partial charge in [0.1, 0.15) is 5.82 Å². The lowest BCUT2D eigenvalue weighted by molar-refractivity contribution is -0.137. The molecule has 2 saturated heterocycles. The van der Waals surface area contributed by atoms with Crippen molar-refractivity contribution in [1.29, 1.82) is 0 Å². The molecule has 4 aromatic rings. The monoisotopic (exact) mass is 819 g/mol. The molecule has 310 valence electrons. The molecule has 13 heteroatoms. The van der Waals surface area contributed by atoms with Crippen molar-refractivity contribution < 1.29 is 32.5 Å². The van der Waals surface area contributed by atoms with Crippen LogP contribution in [0.5, 0.6) is 11.8 Å². The highest BCUT2D eigenvalue weighted by atomic mass is 35.5. The molecule has 0 unspecified atom stereocenters. The van der Waals surface area contributed by atoms with Crippen molar-refractivity contribution >= 4 is 23.3 Å². The number of carbonyl (C=O) groups is 1. The molecule has 2 aliphatic heterocycles. The van der Waals surface area contributed by atoms with Gasteiger partial charge in [0, 0.05) is 47.7 Å². The van der Waals surface area contributed by atoms with E-state index in [1.807, 2.05) is 68.1 Å². The smallest absolute Gasteiger partial charge is 0.419 e. The van der Waals surface area contributed by atoms with E-state index < -0.39 is 17.2 Å². The second-order valence-corrected chi connectivity index (χ2v) is 16.3. The van der Waals surface area contributed by atoms with Crippen LogP contribution in [-0.4, -0.2) is 59.2 Å². The van der Waals surface area contributed by atoms with Crippen LogP contribution in [0.4, 0.5) is 19.0 Å². The van der Waals surface area contributed by atoms with E-state index >= 15 is 0 Å². The summed E-state index contributed by atoms with van der Waals surface area (Å²) in [6, 6.07) is 17.1. The molecule has 7 rings (SSSR count). The number of hydrogen-bond donors (Lipinski definition) is 3. The number of methoxy groups -OCH3 is 2. The van der Waals surface area contributed by atoms with Crippen LogP contribution in [0, 0.1) is 19.3 Å². The van der Waals surface area contributed by atoms with Crippen molar-refractivity contribution in [3.63, 3.8) is 0 Å². The molecule has 9 nitrogen and oxygen atoms in total. The zero-order valence-corrected chi connectivity index (χ0v) is 34.6. The number of carbonyl (C=O) groups excluding carboxylic acids is 1. The summed E-state index contributed by atoms with van der Waals surface area (Å²) in [5.74, 6) is 0.869. The number of alkyl halides is 3. The Hall–Kier alpha value is -4.81. The maximum Gasteiger partial charge on any atom is 0.419 e. The number of nitrogens with zero attached hydrogens (tertiary/aromatic N) is 3. The largest absolute Gasteiger partial charge is 0.512 e. The first kappa shape index (κ1) is 42.8. The minimum absolute atomic E-state index is 0.0951. The number of aromatic nitrogens is 2. The Bertz CT molecular complexity index is 2150. The van der Waals surface area contributed by atoms with E-state index in [9.17, 15) is 23.1 Å². The quantitative estimate of drug-likeness (QED) is 0.121. The number of aryl methyl sites for hydroxylation is 3. The highest BCUT2D eigenvalue weighted by molar-refractivity contribution is 6.34. The van der Waals surface area contributed by atoms with Gasteiger partial charge < -0.3 is 25.2 Å². The number of hydrogen-bond acceptors (Lipinski definition) is 8. The van der Waals surface area contributed by atoms with Gasteiger partial charge in [-0.15, -0.1) is 0 Å². The minimum atomic E-state index is -4.57. The molecule has 2 aromatic heterocycles. The molecule has 3 atom stereocenters. The fourth-order valence-corrected chi connectivity index (χ4v) is 8.46. The van der Waals surface area contributed by atoms with Crippen LogP contribution in [0.15, 0.2) is 66.9 Å². The maximum atomic E-state index is 14.1. The molecular formula is C45H53ClF3N5O4. The fourth-order valence-electron chi connectivity index (χ4n) is 8.24. The number of fused-ring (bicyclic) bond motifs is 1. The maximum absolute atomic E-state index is 14.1. The molecule has 0 radical (unpaired) electrons. The molecular weight excluding hydrogens is 767 g/mol. The van der Waals surface area contributed by atoms with Gasteiger partial charge in [-0.25, -0.2) is 4.98 Å². The third kappa shape index (κ3) is 9.72. The number of rotatable bonds is 12. The molecule has 4 heterocycles. The summed E-state index contributed by atoms with van der Waals surface area (Å²) in [6.07, 6.45) is 2.10. The third-order valence-corrected chi connectivity index (χ3v) is 12.2. The molecule has 3 aliphatic rings. The Kier molecular flexibility index (Phi) is 13.3. The van der Waals surface area contributed by atoms with Gasteiger partial charge in [0.15, 0.2) is 0 Å². The summed E-state index contributed by atoms with van der Waals surface area (Å²) in [4.78, 5) is 22.2. The van der Waals surface area contributed by atoms with Crippen molar-refractivity contribution in [3.05, 3.63) is 111 Å². The summed E-state index contributed by atoms with van der Waals surface area (Å²) < 4.78 is 53.1. The number of halogens is 4. The van der Waals surface area contributed by atoms with Crippen LogP contribution in [0.25, 0.3) is 11.3 Å². The SMILES string of the molecule is C=C(O)[C@]1(C)CCN(Cc2cc(C(F)(F)F)c(N[C@H]3CCc4c(C)cccc43)nc2OC)C1.COc1nc(-c2cccc(C)c2Cl)ccc1CCC[C@@H]1CCC(=O)N1. The number of amides is 1. The topological polar surface area (TPSA) is 109 Å². The Morgan fingerprint density at radius 1 is 1.03 bits per heavy atom. The molecule has 1 amide bonds. The molecule has 0 bridgehead atoms. The first-order valence-corrected chi connectivity index (χ1v) is 20.2. The standard InChI is InChI=1S/C25H30F3N3O2.C20H23ClN2O2/c1-15-6-5-7-19-18(15)8-9-21(19)29-22-20(25(26,27)28)12-17(23(30-22)33-4)13-31-11-10-24(3,14-31)16(2)32;1-13-5-3-8-16(19(13)21)17-11-9-14(20(23-17)25-2)6-4-7-15-10-12-18(24)22-15/h5-7,12,21,32H,2,8-11,13-14H2,1,3-4H3,(H,29,30);3,5,8-9,11,15H,4,6-7,10,12H2,1-2H3,(H,22,24)/t21-,24+;15-/m01/s1. The zero-order valence-electron chi connectivity index (χ0n) is 33.9. The fraction of sp³-hybridized carbons (Fsp3) is 0.444. The summed E-state index contributed by atoms with van der Waals surface area (Å²) in [7, 11) is 3.06. The van der Waals surface area contributed by atoms with E-state index in [1.165, 1.54) is 12.7 Å². The second-order valence-electron chi connectivity index (χ2n) is 15.9. The number of nitrogens with one attached hydrogen (secondary N) is 2. The van der Waals surface area contributed by atoms with E-state index in [-0.39, 0.29) is 36.0 Å². The lowest BCUT2D eigenvalue weighted by atomic mass is 9.88. The summed E-state index contributed by atoms with van der Waals surface area (Å²) in [5, 5.41) is 16.7. The van der Waals surface area contributed by atoms with E-state index in [1.54, 1.807) is 7.11 Å². The first-order valence-electron chi connectivity index (χ1n) is 19.8. The summed E-state index contributed by atoms with van der Waals surface area (Å²) in [6.45, 7) is 10.9. The number of anilines is 1. The Balaban J connectivity index is 0.000000203. The zero-order chi connectivity index (χ0) is 41.8. The van der Waals surface area contributed by atoms with E-state index in [4.69, 9.17) is 21.1 Å². The second kappa shape index (κ2) is 18.0. The van der Waals surface area contributed by atoms with Gasteiger partial charge in [-0.3, -0.25) is 9.69 Å². The minimum Gasteiger partial charge on any atom is -0.512 e. The van der Waals surface area contributed by atoms with Gasteiger partial charge in [0.2, 0.25) is 17.7 Å². The van der Waals surface area contributed by atoms with Crippen molar-refractivity contribution in [3.8, 4) is 23.0 Å². The lowest BCUT2D eigenvalue weighted by Gasteiger charge is -2.25. The summed E-state index contributed by atoms with van der Waals surface area (Å²) in [5.41, 5.74) is 6.31. The van der Waals surface area contributed by atoms with Crippen molar-refractivity contribution in [1.82, 2.24) is 20.2 Å². The normalized spacial score (nSPS) is 20.3. The number of aliphatic hydroxyl groups excluding tert-OH is 1. The van der Waals surface area contributed by atoms with Gasteiger partial charge in [-0.1, -0.05) is 67.6 Å². The Morgan fingerprint density at radius 2 is 1.76 bits per heavy atom. The van der Waals surface area contributed by atoms with Crippen LogP contribution < -0.4 is 20.1 Å². The molecule has 3 N–H and O–H groups in total. The van der Waals surface area contributed by atoms with Crippen LogP contribution >= 0.6 is 11.6 Å². The van der Waals surface area contributed by atoms with Gasteiger partial charge >= 0.3 is 6.18 Å². The summed E-state index contributed by atoms with van der Waals surface area (Å²) >= 11 is 6.42. The van der Waals surface area contributed by atoms with E-state index in [0.29, 0.717) is 49.8 Å². The molecule has 1 aliphatic carbocycles. The van der Waals surface area contributed by atoms with Crippen LogP contribution in [0.1, 0.15) is 90.4 Å². The van der Waals surface area contributed by atoms with Crippen molar-refractivity contribution in [2.75, 3.05) is 32.6 Å². The molecule has 2 fully saturated rings. The number of benzene rings is 2. The van der Waals surface area contributed by atoms with Gasteiger partial charge in [-0.2, -0.15) is 18.2 Å².